The van der Waals surface area contributed by atoms with Crippen molar-refractivity contribution in [1.29, 1.82) is 0 Å². The Bertz CT molecular complexity index is 1290. The van der Waals surface area contributed by atoms with E-state index >= 15 is 0 Å². The summed E-state index contributed by atoms with van der Waals surface area (Å²) in [6, 6.07) is 6.52. The van der Waals surface area contributed by atoms with Crippen LogP contribution in [0.3, 0.4) is 0 Å². The first-order valence-electron chi connectivity index (χ1n) is 11.7. The van der Waals surface area contributed by atoms with Gasteiger partial charge in [0.2, 0.25) is 0 Å². The Balaban J connectivity index is 1.41. The van der Waals surface area contributed by atoms with Gasteiger partial charge in [0, 0.05) is 25.6 Å². The number of carboxylic acids is 1. The van der Waals surface area contributed by atoms with Crippen molar-refractivity contribution in [2.45, 2.75) is 36.2 Å². The SMILES string of the molecule is O=C(O)c1c(NS(=O)(=O)c2ccc(F)cc2/C=C\CN2CCC(O)CC2)ccc2c1OC[C@@H]1C[C@H]21. The van der Waals surface area contributed by atoms with Crippen LogP contribution in [-0.4, -0.2) is 61.8 Å². The maximum Gasteiger partial charge on any atom is 0.341 e. The molecule has 2 heterocycles. The number of benzene rings is 2. The number of carboxylic acid groups (broad SMARTS) is 1. The Labute approximate surface area is 203 Å². The molecule has 1 aliphatic carbocycles. The second kappa shape index (κ2) is 9.25. The topological polar surface area (TPSA) is 116 Å². The molecule has 8 nitrogen and oxygen atoms in total. The van der Waals surface area contributed by atoms with Crippen LogP contribution >= 0.6 is 0 Å². The van der Waals surface area contributed by atoms with Gasteiger partial charge in [-0.3, -0.25) is 9.62 Å². The zero-order valence-electron chi connectivity index (χ0n) is 19.0. The van der Waals surface area contributed by atoms with E-state index in [-0.39, 0.29) is 39.5 Å². The van der Waals surface area contributed by atoms with E-state index < -0.39 is 21.8 Å². The highest BCUT2D eigenvalue weighted by atomic mass is 32.2. The first kappa shape index (κ1) is 23.8. The number of ether oxygens (including phenoxy) is 1. The van der Waals surface area contributed by atoms with Crippen LogP contribution in [0, 0.1) is 11.7 Å². The van der Waals surface area contributed by atoms with Gasteiger partial charge in [0.15, 0.2) is 0 Å². The maximum atomic E-state index is 14.0. The molecule has 10 heteroatoms. The average Bonchev–Trinajstić information content (AvgIpc) is 3.60. The number of carbonyl (C=O) groups is 1. The number of halogens is 1. The van der Waals surface area contributed by atoms with Gasteiger partial charge in [-0.05, 0) is 60.6 Å². The van der Waals surface area contributed by atoms with Crippen LogP contribution in [0.2, 0.25) is 0 Å². The molecule has 2 atom stereocenters. The first-order valence-corrected chi connectivity index (χ1v) is 13.1. The van der Waals surface area contributed by atoms with E-state index in [9.17, 15) is 27.8 Å². The minimum absolute atomic E-state index is 0.0959. The van der Waals surface area contributed by atoms with Crippen molar-refractivity contribution in [3.05, 3.63) is 58.9 Å². The number of rotatable bonds is 7. The normalized spacial score (nSPS) is 22.3. The second-order valence-corrected chi connectivity index (χ2v) is 11.0. The molecule has 0 spiro atoms. The summed E-state index contributed by atoms with van der Waals surface area (Å²) in [6.45, 7) is 2.39. The molecule has 1 saturated heterocycles. The van der Waals surface area contributed by atoms with Crippen molar-refractivity contribution in [2.24, 2.45) is 5.92 Å². The van der Waals surface area contributed by atoms with Gasteiger partial charge in [-0.2, -0.15) is 0 Å². The molecule has 1 saturated carbocycles. The number of aromatic carboxylic acids is 1. The highest BCUT2D eigenvalue weighted by Crippen LogP contribution is 2.55. The number of nitrogens with one attached hydrogen (secondary N) is 1. The summed E-state index contributed by atoms with van der Waals surface area (Å²) in [4.78, 5) is 14.0. The lowest BCUT2D eigenvalue weighted by Crippen LogP contribution is -2.35. The quantitative estimate of drug-likeness (QED) is 0.532. The van der Waals surface area contributed by atoms with Crippen molar-refractivity contribution in [1.82, 2.24) is 4.90 Å². The Kier molecular flexibility index (Phi) is 6.29. The summed E-state index contributed by atoms with van der Waals surface area (Å²) in [5.41, 5.74) is 0.628. The number of aliphatic hydroxyl groups is 1. The monoisotopic (exact) mass is 502 g/mol. The number of hydrogen-bond donors (Lipinski definition) is 3. The van der Waals surface area contributed by atoms with Crippen molar-refractivity contribution in [3.8, 4) is 5.75 Å². The highest BCUT2D eigenvalue weighted by molar-refractivity contribution is 7.92. The average molecular weight is 503 g/mol. The summed E-state index contributed by atoms with van der Waals surface area (Å²) in [5, 5.41) is 19.5. The lowest BCUT2D eigenvalue weighted by Gasteiger charge is -2.28. The molecule has 2 aromatic carbocycles. The van der Waals surface area contributed by atoms with Crippen molar-refractivity contribution < 1.29 is 32.6 Å². The molecule has 5 rings (SSSR count). The van der Waals surface area contributed by atoms with Crippen LogP contribution in [0.15, 0.2) is 41.3 Å². The van der Waals surface area contributed by atoms with E-state index in [0.29, 0.717) is 31.9 Å². The van der Waals surface area contributed by atoms with E-state index in [1.165, 1.54) is 12.1 Å². The van der Waals surface area contributed by atoms with Crippen LogP contribution in [-0.2, 0) is 10.0 Å². The molecule has 0 aromatic heterocycles. The molecular formula is C25H27FN2O6S. The fraction of sp³-hybridized carbons (Fsp3) is 0.400. The molecule has 3 aliphatic rings. The molecule has 0 bridgehead atoms. The number of aliphatic hydroxyl groups excluding tert-OH is 1. The first-order chi connectivity index (χ1) is 16.7. The van der Waals surface area contributed by atoms with Gasteiger partial charge in [0.1, 0.15) is 17.1 Å². The van der Waals surface area contributed by atoms with Crippen LogP contribution in [0.4, 0.5) is 10.1 Å². The molecule has 0 radical (unpaired) electrons. The van der Waals surface area contributed by atoms with Gasteiger partial charge in [0.25, 0.3) is 10.0 Å². The van der Waals surface area contributed by atoms with Gasteiger partial charge in [-0.1, -0.05) is 18.2 Å². The summed E-state index contributed by atoms with van der Waals surface area (Å²) in [6.07, 6.45) is 5.29. The van der Waals surface area contributed by atoms with Crippen LogP contribution < -0.4 is 9.46 Å². The molecule has 186 valence electrons. The number of nitrogens with zero attached hydrogens (tertiary/aromatic N) is 1. The molecule has 2 aromatic rings. The third-order valence-corrected chi connectivity index (χ3v) is 8.33. The van der Waals surface area contributed by atoms with Gasteiger partial charge in [0.05, 0.1) is 23.3 Å². The number of fused-ring (bicyclic) bond motifs is 3. The standard InChI is InChI=1S/C25H27FN2O6S/c26-17-3-6-22(15(12-17)2-1-9-28-10-7-18(29)8-11-28)35(32,33)27-21-5-4-19-20-13-16(20)14-34-24(19)23(21)25(30)31/h1-6,12,16,18,20,27,29H,7-11,13-14H2,(H,30,31)/b2-1-/t16-,20-/m0/s1. The lowest BCUT2D eigenvalue weighted by atomic mass is 10.0. The van der Waals surface area contributed by atoms with Gasteiger partial charge in [-0.15, -0.1) is 0 Å². The second-order valence-electron chi connectivity index (χ2n) is 9.35. The summed E-state index contributed by atoms with van der Waals surface area (Å²) in [5.74, 6) is -1.03. The fourth-order valence-electron chi connectivity index (χ4n) is 4.87. The minimum Gasteiger partial charge on any atom is -0.492 e. The molecular weight excluding hydrogens is 475 g/mol. The Morgan fingerprint density at radius 2 is 2.00 bits per heavy atom. The van der Waals surface area contributed by atoms with Gasteiger partial charge < -0.3 is 14.9 Å². The Morgan fingerprint density at radius 1 is 1.23 bits per heavy atom. The van der Waals surface area contributed by atoms with Crippen molar-refractivity contribution >= 4 is 27.8 Å². The molecule has 2 aliphatic heterocycles. The lowest BCUT2D eigenvalue weighted by molar-refractivity contribution is 0.0692. The summed E-state index contributed by atoms with van der Waals surface area (Å²) >= 11 is 0. The number of anilines is 1. The zero-order valence-corrected chi connectivity index (χ0v) is 19.8. The van der Waals surface area contributed by atoms with Crippen molar-refractivity contribution in [3.63, 3.8) is 0 Å². The highest BCUT2D eigenvalue weighted by Gasteiger charge is 2.45. The van der Waals surface area contributed by atoms with E-state index in [4.69, 9.17) is 4.74 Å². The Hall–Kier alpha value is -2.95. The van der Waals surface area contributed by atoms with E-state index in [1.54, 1.807) is 18.2 Å². The smallest absolute Gasteiger partial charge is 0.341 e. The van der Waals surface area contributed by atoms with Gasteiger partial charge >= 0.3 is 5.97 Å². The van der Waals surface area contributed by atoms with E-state index in [0.717, 1.165) is 37.2 Å². The Morgan fingerprint density at radius 3 is 2.74 bits per heavy atom. The van der Waals surface area contributed by atoms with Gasteiger partial charge in [-0.25, -0.2) is 17.6 Å². The minimum atomic E-state index is -4.24. The van der Waals surface area contributed by atoms with E-state index in [2.05, 4.69) is 9.62 Å². The predicted molar refractivity (Wildman–Crippen MR) is 128 cm³/mol. The zero-order chi connectivity index (χ0) is 24.7. The van der Waals surface area contributed by atoms with Crippen molar-refractivity contribution in [2.75, 3.05) is 31.0 Å². The largest absolute Gasteiger partial charge is 0.492 e. The molecule has 2 fully saturated rings. The van der Waals surface area contributed by atoms with Crippen LogP contribution in [0.25, 0.3) is 6.08 Å². The molecule has 0 unspecified atom stereocenters. The number of hydrogen-bond acceptors (Lipinski definition) is 6. The summed E-state index contributed by atoms with van der Waals surface area (Å²) < 4.78 is 48.7. The molecule has 35 heavy (non-hydrogen) atoms. The number of likely N-dealkylation sites (tertiary alicyclic amines) is 1. The number of piperidine rings is 1. The maximum absolute atomic E-state index is 14.0. The van der Waals surface area contributed by atoms with E-state index in [1.807, 2.05) is 0 Å². The molecule has 0 amide bonds. The number of sulfonamides is 1. The third-order valence-electron chi connectivity index (χ3n) is 6.89. The summed E-state index contributed by atoms with van der Waals surface area (Å²) in [7, 11) is -4.24. The van der Waals surface area contributed by atoms with Crippen LogP contribution in [0.5, 0.6) is 5.75 Å². The molecule has 3 N–H and O–H groups in total. The van der Waals surface area contributed by atoms with Crippen LogP contribution in [0.1, 0.15) is 46.7 Å². The third kappa shape index (κ3) is 4.91. The fourth-order valence-corrected chi connectivity index (χ4v) is 6.13. The predicted octanol–water partition coefficient (Wildman–Crippen LogP) is 3.29.